The summed E-state index contributed by atoms with van der Waals surface area (Å²) in [5.41, 5.74) is 0. The Bertz CT molecular complexity index is 567. The summed E-state index contributed by atoms with van der Waals surface area (Å²) in [5, 5.41) is 29.5. The predicted octanol–water partition coefficient (Wildman–Crippen LogP) is 3.89. The smallest absolute Gasteiger partial charge is 0.303 e. The first kappa shape index (κ1) is 22.8. The number of Topliss-reactive ketones (excluding diaryl/α,β-unsaturated/α-hetero) is 1. The highest BCUT2D eigenvalue weighted by Gasteiger charge is 2.39. The first-order valence-electron chi connectivity index (χ1n) is 10.9. The van der Waals surface area contributed by atoms with Crippen LogP contribution in [0.15, 0.2) is 24.3 Å². The van der Waals surface area contributed by atoms with Gasteiger partial charge in [-0.05, 0) is 43.9 Å². The number of carbonyl (C=O) groups excluding carboxylic acids is 1. The molecule has 28 heavy (non-hydrogen) atoms. The lowest BCUT2D eigenvalue weighted by Gasteiger charge is -2.30. The number of carboxylic acid groups (broad SMARTS) is 1. The Kier molecular flexibility index (Phi) is 9.39. The molecule has 6 atom stereocenters. The molecule has 2 fully saturated rings. The fourth-order valence-corrected chi connectivity index (χ4v) is 4.67. The maximum absolute atomic E-state index is 12.3. The molecule has 0 heterocycles. The summed E-state index contributed by atoms with van der Waals surface area (Å²) >= 11 is 0. The molecule has 0 amide bonds. The van der Waals surface area contributed by atoms with E-state index in [2.05, 4.69) is 6.92 Å². The Morgan fingerprint density at radius 1 is 1.29 bits per heavy atom. The summed E-state index contributed by atoms with van der Waals surface area (Å²) in [5.74, 6) is -0.276. The van der Waals surface area contributed by atoms with Crippen molar-refractivity contribution < 1.29 is 24.9 Å². The van der Waals surface area contributed by atoms with Crippen LogP contribution in [0.3, 0.4) is 0 Å². The van der Waals surface area contributed by atoms with Crippen LogP contribution in [0.4, 0.5) is 0 Å². The van der Waals surface area contributed by atoms with Crippen LogP contribution < -0.4 is 0 Å². The van der Waals surface area contributed by atoms with E-state index in [-0.39, 0.29) is 36.4 Å². The lowest BCUT2D eigenvalue weighted by atomic mass is 9.77. The second-order valence-electron chi connectivity index (χ2n) is 8.49. The number of hydrogen-bond donors (Lipinski definition) is 3. The van der Waals surface area contributed by atoms with Crippen molar-refractivity contribution in [1.29, 1.82) is 0 Å². The Hall–Kier alpha value is -1.46. The molecule has 2 aliphatic rings. The third kappa shape index (κ3) is 6.85. The summed E-state index contributed by atoms with van der Waals surface area (Å²) in [6, 6.07) is 0. The largest absolute Gasteiger partial charge is 0.481 e. The standard InChI is InChI=1S/C23H36O5/c1-2-16-8-7-9-17(14-16)20(24)13-12-19-18(21(25)15-22(19)26)10-5-3-4-6-11-23(27)28/h3,5,12-13,16-20,22,24,26H,2,4,6-11,14-15H2,1H3,(H,27,28)/b5-3-,13-12+/t16?,17?,18-,19-,20-,22-/m1/s1. The van der Waals surface area contributed by atoms with Gasteiger partial charge in [0, 0.05) is 24.7 Å². The fourth-order valence-electron chi connectivity index (χ4n) is 4.67. The van der Waals surface area contributed by atoms with Gasteiger partial charge in [-0.2, -0.15) is 0 Å². The minimum Gasteiger partial charge on any atom is -0.481 e. The molecule has 3 N–H and O–H groups in total. The van der Waals surface area contributed by atoms with Crippen LogP contribution in [-0.2, 0) is 9.59 Å². The summed E-state index contributed by atoms with van der Waals surface area (Å²) in [6.07, 6.45) is 14.1. The molecule has 0 radical (unpaired) electrons. The molecule has 0 aromatic heterocycles. The topological polar surface area (TPSA) is 94.8 Å². The van der Waals surface area contributed by atoms with Crippen LogP contribution in [0.25, 0.3) is 0 Å². The van der Waals surface area contributed by atoms with Gasteiger partial charge in [-0.1, -0.05) is 50.5 Å². The number of rotatable bonds is 10. The van der Waals surface area contributed by atoms with E-state index in [1.165, 1.54) is 6.42 Å². The van der Waals surface area contributed by atoms with Gasteiger partial charge >= 0.3 is 5.97 Å². The fraction of sp³-hybridized carbons (Fsp3) is 0.739. The first-order valence-corrected chi connectivity index (χ1v) is 10.9. The Morgan fingerprint density at radius 3 is 2.79 bits per heavy atom. The van der Waals surface area contributed by atoms with Gasteiger partial charge in [0.1, 0.15) is 5.78 Å². The lowest BCUT2D eigenvalue weighted by Crippen LogP contribution is -2.26. The van der Waals surface area contributed by atoms with Gasteiger partial charge in [-0.15, -0.1) is 0 Å². The SMILES string of the molecule is CCC1CCCC([C@H](O)/C=C/[C@H]2[C@H](O)CC(=O)[C@@H]2C/C=C\CCCC(=O)O)C1. The number of aliphatic hydroxyl groups is 2. The monoisotopic (exact) mass is 392 g/mol. The normalized spacial score (nSPS) is 32.4. The van der Waals surface area contributed by atoms with Crippen molar-refractivity contribution in [3.63, 3.8) is 0 Å². The number of hydrogen-bond acceptors (Lipinski definition) is 4. The minimum atomic E-state index is -0.797. The van der Waals surface area contributed by atoms with Crippen LogP contribution in [0, 0.1) is 23.7 Å². The highest BCUT2D eigenvalue weighted by atomic mass is 16.4. The van der Waals surface area contributed by atoms with Crippen molar-refractivity contribution in [3.05, 3.63) is 24.3 Å². The van der Waals surface area contributed by atoms with E-state index < -0.39 is 18.2 Å². The third-order valence-electron chi connectivity index (χ3n) is 6.47. The highest BCUT2D eigenvalue weighted by molar-refractivity contribution is 5.84. The second-order valence-corrected chi connectivity index (χ2v) is 8.49. The molecule has 0 spiro atoms. The Morgan fingerprint density at radius 2 is 2.07 bits per heavy atom. The summed E-state index contributed by atoms with van der Waals surface area (Å²) in [6.45, 7) is 2.20. The van der Waals surface area contributed by atoms with E-state index in [1.54, 1.807) is 6.08 Å². The number of aliphatic carboxylic acids is 1. The van der Waals surface area contributed by atoms with Crippen molar-refractivity contribution in [1.82, 2.24) is 0 Å². The molecule has 0 saturated heterocycles. The van der Waals surface area contributed by atoms with Crippen LogP contribution in [0.5, 0.6) is 0 Å². The van der Waals surface area contributed by atoms with E-state index in [9.17, 15) is 19.8 Å². The molecular weight excluding hydrogens is 356 g/mol. The van der Waals surface area contributed by atoms with Crippen LogP contribution >= 0.6 is 0 Å². The van der Waals surface area contributed by atoms with Crippen LogP contribution in [0.2, 0.25) is 0 Å². The average Bonchev–Trinajstić information content (AvgIpc) is 2.95. The van der Waals surface area contributed by atoms with Gasteiger partial charge in [-0.25, -0.2) is 0 Å². The Labute approximate surface area is 168 Å². The van der Waals surface area contributed by atoms with Crippen molar-refractivity contribution >= 4 is 11.8 Å². The zero-order chi connectivity index (χ0) is 20.5. The zero-order valence-electron chi connectivity index (χ0n) is 17.0. The number of unbranched alkanes of at least 4 members (excludes halogenated alkanes) is 1. The molecule has 0 aromatic rings. The summed E-state index contributed by atoms with van der Waals surface area (Å²) in [4.78, 5) is 22.8. The van der Waals surface area contributed by atoms with Crippen LogP contribution in [-0.4, -0.2) is 39.3 Å². The van der Waals surface area contributed by atoms with E-state index in [0.717, 1.165) is 25.7 Å². The molecule has 5 heteroatoms. The van der Waals surface area contributed by atoms with E-state index in [1.807, 2.05) is 18.2 Å². The molecule has 2 aliphatic carbocycles. The summed E-state index contributed by atoms with van der Waals surface area (Å²) < 4.78 is 0. The number of aliphatic hydroxyl groups excluding tert-OH is 2. The molecule has 5 nitrogen and oxygen atoms in total. The van der Waals surface area contributed by atoms with Gasteiger partial charge in [0.05, 0.1) is 12.2 Å². The molecule has 2 unspecified atom stereocenters. The number of carboxylic acids is 1. The van der Waals surface area contributed by atoms with Gasteiger partial charge in [-0.3, -0.25) is 9.59 Å². The van der Waals surface area contributed by atoms with Gasteiger partial charge in [0.25, 0.3) is 0 Å². The van der Waals surface area contributed by atoms with Crippen molar-refractivity contribution in [2.75, 3.05) is 0 Å². The van der Waals surface area contributed by atoms with Crippen molar-refractivity contribution in [3.8, 4) is 0 Å². The average molecular weight is 393 g/mol. The van der Waals surface area contributed by atoms with E-state index in [0.29, 0.717) is 25.2 Å². The zero-order valence-corrected chi connectivity index (χ0v) is 17.0. The van der Waals surface area contributed by atoms with E-state index >= 15 is 0 Å². The lowest BCUT2D eigenvalue weighted by molar-refractivity contribution is -0.137. The maximum atomic E-state index is 12.3. The molecule has 0 bridgehead atoms. The second kappa shape index (κ2) is 11.5. The summed E-state index contributed by atoms with van der Waals surface area (Å²) in [7, 11) is 0. The third-order valence-corrected chi connectivity index (χ3v) is 6.47. The molecule has 158 valence electrons. The highest BCUT2D eigenvalue weighted by Crippen LogP contribution is 2.36. The van der Waals surface area contributed by atoms with Gasteiger partial charge in [0.2, 0.25) is 0 Å². The number of carbonyl (C=O) groups is 2. The molecule has 0 aliphatic heterocycles. The molecule has 0 aromatic carbocycles. The van der Waals surface area contributed by atoms with Gasteiger partial charge < -0.3 is 15.3 Å². The maximum Gasteiger partial charge on any atom is 0.303 e. The van der Waals surface area contributed by atoms with Crippen molar-refractivity contribution in [2.24, 2.45) is 23.7 Å². The predicted molar refractivity (Wildman–Crippen MR) is 109 cm³/mol. The molecule has 2 rings (SSSR count). The molecular formula is C23H36O5. The van der Waals surface area contributed by atoms with Gasteiger partial charge in [0.15, 0.2) is 0 Å². The quantitative estimate of drug-likeness (QED) is 0.387. The Balaban J connectivity index is 1.88. The van der Waals surface area contributed by atoms with Crippen LogP contribution in [0.1, 0.15) is 71.1 Å². The number of ketones is 1. The van der Waals surface area contributed by atoms with E-state index in [4.69, 9.17) is 5.11 Å². The number of allylic oxidation sites excluding steroid dienone is 2. The molecule has 2 saturated carbocycles. The first-order chi connectivity index (χ1) is 13.4. The van der Waals surface area contributed by atoms with Crippen molar-refractivity contribution in [2.45, 2.75) is 83.3 Å². The minimum absolute atomic E-state index is 0.0653.